The molecular weight excluding hydrogens is 348 g/mol. The molecule has 0 bridgehead atoms. The number of benzene rings is 1. The van der Waals surface area contributed by atoms with E-state index in [1.807, 2.05) is 25.1 Å². The Kier molecular flexibility index (Phi) is 7.72. The van der Waals surface area contributed by atoms with Crippen LogP contribution in [0.25, 0.3) is 0 Å². The van der Waals surface area contributed by atoms with Crippen LogP contribution in [0.2, 0.25) is 0 Å². The van der Waals surface area contributed by atoms with Crippen LogP contribution in [0, 0.1) is 13.8 Å². The lowest BCUT2D eigenvalue weighted by Gasteiger charge is -2.12. The number of guanidine groups is 1. The van der Waals surface area contributed by atoms with Crippen molar-refractivity contribution >= 4 is 17.3 Å². The highest BCUT2D eigenvalue weighted by atomic mass is 32.1. The summed E-state index contributed by atoms with van der Waals surface area (Å²) in [5.41, 5.74) is 2.27. The van der Waals surface area contributed by atoms with Crippen molar-refractivity contribution in [2.24, 2.45) is 4.99 Å². The zero-order valence-corrected chi connectivity index (χ0v) is 17.0. The summed E-state index contributed by atoms with van der Waals surface area (Å²) in [5.74, 6) is 2.30. The van der Waals surface area contributed by atoms with Crippen LogP contribution >= 0.6 is 11.3 Å². The molecule has 0 saturated heterocycles. The normalized spacial score (nSPS) is 11.3. The van der Waals surface area contributed by atoms with E-state index in [1.54, 1.807) is 25.6 Å². The summed E-state index contributed by atoms with van der Waals surface area (Å²) < 4.78 is 10.6. The van der Waals surface area contributed by atoms with Gasteiger partial charge in [-0.05, 0) is 44.9 Å². The molecule has 0 aliphatic rings. The molecule has 6 nitrogen and oxygen atoms in total. The Morgan fingerprint density at radius 2 is 1.92 bits per heavy atom. The summed E-state index contributed by atoms with van der Waals surface area (Å²) in [7, 11) is 3.29. The van der Waals surface area contributed by atoms with Gasteiger partial charge in [-0.25, -0.2) is 9.98 Å². The van der Waals surface area contributed by atoms with Crippen molar-refractivity contribution < 1.29 is 9.47 Å². The number of hydrogen-bond acceptors (Lipinski definition) is 5. The van der Waals surface area contributed by atoms with Crippen LogP contribution < -0.4 is 20.1 Å². The Morgan fingerprint density at radius 3 is 2.54 bits per heavy atom. The number of aliphatic imine (C=N–C) groups is 1. The lowest BCUT2D eigenvalue weighted by Crippen LogP contribution is -2.38. The molecule has 1 heterocycles. The van der Waals surface area contributed by atoms with Crippen LogP contribution in [-0.4, -0.2) is 38.3 Å². The van der Waals surface area contributed by atoms with E-state index >= 15 is 0 Å². The molecule has 1 aromatic carbocycles. The van der Waals surface area contributed by atoms with Crippen molar-refractivity contribution in [3.63, 3.8) is 0 Å². The maximum absolute atomic E-state index is 5.35. The van der Waals surface area contributed by atoms with Crippen molar-refractivity contribution in [2.45, 2.75) is 33.7 Å². The molecule has 0 fully saturated rings. The Bertz CT molecular complexity index is 724. The van der Waals surface area contributed by atoms with Crippen molar-refractivity contribution in [1.29, 1.82) is 0 Å². The van der Waals surface area contributed by atoms with E-state index in [0.717, 1.165) is 47.7 Å². The van der Waals surface area contributed by atoms with Gasteiger partial charge in [0.15, 0.2) is 17.5 Å². The van der Waals surface area contributed by atoms with E-state index in [2.05, 4.69) is 34.5 Å². The number of methoxy groups -OCH3 is 2. The number of ether oxygens (including phenoxy) is 2. The zero-order valence-electron chi connectivity index (χ0n) is 16.2. The third-order valence-electron chi connectivity index (χ3n) is 3.94. The second-order valence-electron chi connectivity index (χ2n) is 5.81. The molecule has 26 heavy (non-hydrogen) atoms. The first-order chi connectivity index (χ1) is 12.6. The van der Waals surface area contributed by atoms with Gasteiger partial charge in [-0.3, -0.25) is 0 Å². The average Bonchev–Trinajstić information content (AvgIpc) is 2.97. The fourth-order valence-corrected chi connectivity index (χ4v) is 3.32. The molecular formula is C19H28N4O2S. The Morgan fingerprint density at radius 1 is 1.15 bits per heavy atom. The van der Waals surface area contributed by atoms with Gasteiger partial charge in [0, 0.05) is 18.0 Å². The summed E-state index contributed by atoms with van der Waals surface area (Å²) in [6.07, 6.45) is 0.861. The number of nitrogens with one attached hydrogen (secondary N) is 2. The second-order valence-corrected chi connectivity index (χ2v) is 7.10. The third kappa shape index (κ3) is 5.62. The third-order valence-corrected chi connectivity index (χ3v) is 5.00. The van der Waals surface area contributed by atoms with Gasteiger partial charge in [-0.2, -0.15) is 0 Å². The van der Waals surface area contributed by atoms with Gasteiger partial charge in [0.1, 0.15) is 5.01 Å². The highest BCUT2D eigenvalue weighted by molar-refractivity contribution is 7.11. The summed E-state index contributed by atoms with van der Waals surface area (Å²) >= 11 is 1.70. The van der Waals surface area contributed by atoms with Gasteiger partial charge in [-0.1, -0.05) is 6.07 Å². The number of hydrogen-bond donors (Lipinski definition) is 2. The zero-order chi connectivity index (χ0) is 18.9. The molecule has 2 rings (SSSR count). The number of rotatable bonds is 8. The quantitative estimate of drug-likeness (QED) is 0.547. The Balaban J connectivity index is 1.92. The van der Waals surface area contributed by atoms with E-state index in [4.69, 9.17) is 9.47 Å². The van der Waals surface area contributed by atoms with Crippen LogP contribution in [0.3, 0.4) is 0 Å². The second kappa shape index (κ2) is 10.0. The molecule has 0 aliphatic carbocycles. The van der Waals surface area contributed by atoms with Crippen molar-refractivity contribution in [2.75, 3.05) is 27.3 Å². The summed E-state index contributed by atoms with van der Waals surface area (Å²) in [6, 6.07) is 5.99. The maximum atomic E-state index is 5.35. The van der Waals surface area contributed by atoms with Crippen molar-refractivity contribution in [1.82, 2.24) is 15.6 Å². The maximum Gasteiger partial charge on any atom is 0.191 e. The number of aryl methyl sites for hydroxylation is 2. The fraction of sp³-hybridized carbons (Fsp3) is 0.474. The topological polar surface area (TPSA) is 67.8 Å². The number of aromatic nitrogens is 1. The highest BCUT2D eigenvalue weighted by Crippen LogP contribution is 2.27. The largest absolute Gasteiger partial charge is 0.493 e. The number of thiazole rings is 1. The van der Waals surface area contributed by atoms with Gasteiger partial charge in [-0.15, -0.1) is 11.3 Å². The van der Waals surface area contributed by atoms with Crippen LogP contribution in [0.15, 0.2) is 23.2 Å². The van der Waals surface area contributed by atoms with Crippen LogP contribution in [0.4, 0.5) is 0 Å². The van der Waals surface area contributed by atoms with E-state index in [-0.39, 0.29) is 0 Å². The van der Waals surface area contributed by atoms with E-state index in [1.165, 1.54) is 10.4 Å². The first-order valence-electron chi connectivity index (χ1n) is 8.73. The molecule has 0 radical (unpaired) electrons. The fourth-order valence-electron chi connectivity index (χ4n) is 2.46. The predicted octanol–water partition coefficient (Wildman–Crippen LogP) is 3.07. The summed E-state index contributed by atoms with van der Waals surface area (Å²) in [6.45, 7) is 8.36. The van der Waals surface area contributed by atoms with Gasteiger partial charge in [0.05, 0.1) is 26.5 Å². The Hall–Kier alpha value is -2.28. The average molecular weight is 377 g/mol. The monoisotopic (exact) mass is 376 g/mol. The first-order valence-corrected chi connectivity index (χ1v) is 9.55. The van der Waals surface area contributed by atoms with E-state index in [0.29, 0.717) is 6.54 Å². The van der Waals surface area contributed by atoms with Gasteiger partial charge in [0.2, 0.25) is 0 Å². The lowest BCUT2D eigenvalue weighted by atomic mass is 10.1. The first kappa shape index (κ1) is 20.0. The van der Waals surface area contributed by atoms with Crippen molar-refractivity contribution in [3.8, 4) is 11.5 Å². The van der Waals surface area contributed by atoms with Crippen molar-refractivity contribution in [3.05, 3.63) is 39.3 Å². The molecule has 2 aromatic rings. The van der Waals surface area contributed by atoms with Crippen LogP contribution in [0.5, 0.6) is 11.5 Å². The van der Waals surface area contributed by atoms with Gasteiger partial charge < -0.3 is 20.1 Å². The Labute approximate surface area is 159 Å². The lowest BCUT2D eigenvalue weighted by molar-refractivity contribution is 0.354. The molecule has 0 aliphatic heterocycles. The number of nitrogens with zero attached hydrogens (tertiary/aromatic N) is 2. The highest BCUT2D eigenvalue weighted by Gasteiger charge is 2.06. The minimum absolute atomic E-state index is 0.588. The van der Waals surface area contributed by atoms with Gasteiger partial charge >= 0.3 is 0 Å². The van der Waals surface area contributed by atoms with E-state index < -0.39 is 0 Å². The molecule has 142 valence electrons. The molecule has 0 saturated carbocycles. The minimum Gasteiger partial charge on any atom is -0.493 e. The minimum atomic E-state index is 0.588. The van der Waals surface area contributed by atoms with Crippen LogP contribution in [-0.2, 0) is 13.0 Å². The molecule has 2 N–H and O–H groups in total. The molecule has 0 amide bonds. The molecule has 0 unspecified atom stereocenters. The summed E-state index contributed by atoms with van der Waals surface area (Å²) in [4.78, 5) is 10.4. The van der Waals surface area contributed by atoms with Crippen LogP contribution in [0.1, 0.15) is 28.1 Å². The molecule has 7 heteroatoms. The molecule has 0 spiro atoms. The molecule has 0 atom stereocenters. The predicted molar refractivity (Wildman–Crippen MR) is 108 cm³/mol. The standard InChI is InChI=1S/C19H28N4O2S/c1-6-20-19(22-12-18-23-13(2)14(3)26-18)21-10-9-15-7-8-16(24-4)17(11-15)25-5/h7-8,11H,6,9-10,12H2,1-5H3,(H2,20,21,22). The molecule has 1 aromatic heterocycles. The smallest absolute Gasteiger partial charge is 0.191 e. The van der Waals surface area contributed by atoms with Gasteiger partial charge in [0.25, 0.3) is 0 Å². The van der Waals surface area contributed by atoms with E-state index in [9.17, 15) is 0 Å². The summed E-state index contributed by atoms with van der Waals surface area (Å²) in [5, 5.41) is 7.68. The SMILES string of the molecule is CCNC(=NCc1nc(C)c(C)s1)NCCc1ccc(OC)c(OC)c1.